The molecule has 1 aromatic heterocycles. The number of thiophene rings is 1. The van der Waals surface area contributed by atoms with Crippen LogP contribution in [-0.2, 0) is 19.9 Å². The lowest BCUT2D eigenvalue weighted by atomic mass is 9.72. The molecule has 2 saturated heterocycles. The summed E-state index contributed by atoms with van der Waals surface area (Å²) in [6.07, 6.45) is -0.0423. The minimum Gasteiger partial charge on any atom is -0.507 e. The first-order valence-electron chi connectivity index (χ1n) is 10.9. The maximum absolute atomic E-state index is 13.7. The number of rotatable bonds is 4. The van der Waals surface area contributed by atoms with Gasteiger partial charge in [-0.2, -0.15) is 11.3 Å². The highest BCUT2D eigenvalue weighted by Crippen LogP contribution is 2.51. The largest absolute Gasteiger partial charge is 0.507 e. The van der Waals surface area contributed by atoms with Gasteiger partial charge in [-0.15, -0.1) is 0 Å². The zero-order chi connectivity index (χ0) is 23.9. The van der Waals surface area contributed by atoms with Crippen molar-refractivity contribution in [1.29, 1.82) is 0 Å². The van der Waals surface area contributed by atoms with Crippen molar-refractivity contribution in [3.05, 3.63) is 81.0 Å². The Morgan fingerprint density at radius 1 is 1.12 bits per heavy atom. The molecule has 0 saturated carbocycles. The van der Waals surface area contributed by atoms with Crippen LogP contribution in [0.1, 0.15) is 29.0 Å². The highest BCUT2D eigenvalue weighted by atomic mass is 35.5. The minimum absolute atomic E-state index is 0.00559. The number of hydrogen-bond donors (Lipinski definition) is 2. The van der Waals surface area contributed by atoms with Gasteiger partial charge < -0.3 is 14.7 Å². The normalized spacial score (nSPS) is 23.4. The molecule has 2 atom stereocenters. The monoisotopic (exact) mass is 514 g/mol. The summed E-state index contributed by atoms with van der Waals surface area (Å²) >= 11 is 12.4. The third-order valence-electron chi connectivity index (χ3n) is 6.59. The molecule has 34 heavy (non-hydrogen) atoms. The molecule has 2 aliphatic rings. The Kier molecular flexibility index (Phi) is 6.33. The number of benzene rings is 2. The number of phenols is 1. The van der Waals surface area contributed by atoms with Gasteiger partial charge in [0.1, 0.15) is 17.2 Å². The van der Waals surface area contributed by atoms with Crippen LogP contribution in [-0.4, -0.2) is 47.4 Å². The Morgan fingerprint density at radius 2 is 1.88 bits per heavy atom. The Balaban J connectivity index is 1.60. The molecule has 2 aliphatic heterocycles. The van der Waals surface area contributed by atoms with Crippen molar-refractivity contribution in [3.63, 3.8) is 0 Å². The number of amides is 1. The van der Waals surface area contributed by atoms with Gasteiger partial charge in [-0.1, -0.05) is 48.7 Å². The number of ketones is 1. The van der Waals surface area contributed by atoms with Gasteiger partial charge in [-0.3, -0.25) is 13.9 Å². The molecule has 9 heteroatoms. The van der Waals surface area contributed by atoms with E-state index in [0.29, 0.717) is 29.4 Å². The number of morpholine rings is 1. The van der Waals surface area contributed by atoms with Crippen LogP contribution >= 0.6 is 35.8 Å². The van der Waals surface area contributed by atoms with Gasteiger partial charge in [-0.05, 0) is 40.1 Å². The molecule has 3 aromatic rings. The molecule has 1 amide bonds. The quantitative estimate of drug-likeness (QED) is 0.393. The molecular weight excluding hydrogens is 492 g/mol. The van der Waals surface area contributed by atoms with Gasteiger partial charge in [0.05, 0.1) is 13.2 Å². The van der Waals surface area contributed by atoms with Crippen LogP contribution in [0.5, 0.6) is 5.75 Å². The third kappa shape index (κ3) is 3.79. The summed E-state index contributed by atoms with van der Waals surface area (Å²) in [6, 6.07) is 14.1. The van der Waals surface area contributed by atoms with Crippen molar-refractivity contribution in [2.24, 2.45) is 0 Å². The number of anilines is 1. The first-order valence-corrected chi connectivity index (χ1v) is 12.6. The summed E-state index contributed by atoms with van der Waals surface area (Å²) in [4.78, 5) is 29.4. The van der Waals surface area contributed by atoms with Crippen molar-refractivity contribution in [2.45, 2.75) is 17.9 Å². The Labute approximate surface area is 212 Å². The fourth-order valence-electron chi connectivity index (χ4n) is 4.87. The lowest BCUT2D eigenvalue weighted by Gasteiger charge is -2.46. The molecule has 1 N–H and O–H groups in total. The van der Waals surface area contributed by atoms with E-state index in [1.54, 1.807) is 36.4 Å². The van der Waals surface area contributed by atoms with E-state index in [9.17, 15) is 14.7 Å². The fourth-order valence-corrected chi connectivity index (χ4v) is 6.25. The highest BCUT2D eigenvalue weighted by molar-refractivity contribution is 7.78. The van der Waals surface area contributed by atoms with Crippen molar-refractivity contribution in [3.8, 4) is 5.75 Å². The number of nitrogens with zero attached hydrogens (tertiary/aromatic N) is 2. The van der Waals surface area contributed by atoms with Crippen molar-refractivity contribution >= 4 is 53.1 Å². The van der Waals surface area contributed by atoms with E-state index in [2.05, 4.69) is 17.7 Å². The van der Waals surface area contributed by atoms with E-state index in [-0.39, 0.29) is 18.0 Å². The summed E-state index contributed by atoms with van der Waals surface area (Å²) in [7, 11) is 0. The number of halogens is 1. The van der Waals surface area contributed by atoms with Crippen LogP contribution in [0.25, 0.3) is 0 Å². The van der Waals surface area contributed by atoms with Crippen molar-refractivity contribution < 1.29 is 19.4 Å². The molecule has 2 aromatic carbocycles. The van der Waals surface area contributed by atoms with Crippen LogP contribution in [0, 0.1) is 0 Å². The third-order valence-corrected chi connectivity index (χ3v) is 8.15. The van der Waals surface area contributed by atoms with Gasteiger partial charge in [0.25, 0.3) is 0 Å². The fraction of sp³-hybridized carbons (Fsp3) is 0.280. The first kappa shape index (κ1) is 23.2. The molecule has 0 spiro atoms. The summed E-state index contributed by atoms with van der Waals surface area (Å²) in [6.45, 7) is 2.70. The molecule has 2 fully saturated rings. The standard InChI is InChI=1S/C25H23ClN2O4S2/c26-20-4-2-1-3-18(20)23-22(30)14-25(28(33)24(23)31,16-7-12-34-15-16)19-6-5-17(13-21(19)29)27-8-10-32-11-9-27/h1-7,12-13,15,23,29,33H,8-11,14H2. The average Bonchev–Trinajstić information content (AvgIpc) is 3.39. The number of Topliss-reactive ketones (excluding diaryl/α,β-unsaturated/α-hetero) is 1. The zero-order valence-electron chi connectivity index (χ0n) is 18.2. The first-order chi connectivity index (χ1) is 16.4. The van der Waals surface area contributed by atoms with Crippen LogP contribution in [0.15, 0.2) is 59.3 Å². The summed E-state index contributed by atoms with van der Waals surface area (Å²) in [5.41, 5.74) is 1.25. The van der Waals surface area contributed by atoms with Gasteiger partial charge >= 0.3 is 0 Å². The minimum atomic E-state index is -1.25. The lowest BCUT2D eigenvalue weighted by Crippen LogP contribution is -2.54. The van der Waals surface area contributed by atoms with E-state index in [1.165, 1.54) is 15.6 Å². The maximum Gasteiger partial charge on any atom is 0.248 e. The van der Waals surface area contributed by atoms with Crippen LogP contribution < -0.4 is 4.90 Å². The Bertz CT molecular complexity index is 1230. The second-order valence-electron chi connectivity index (χ2n) is 8.42. The Morgan fingerprint density at radius 3 is 2.56 bits per heavy atom. The average molecular weight is 515 g/mol. The second-order valence-corrected chi connectivity index (χ2v) is 10.0. The van der Waals surface area contributed by atoms with E-state index in [1.807, 2.05) is 22.9 Å². The van der Waals surface area contributed by atoms with Crippen LogP contribution in [0.4, 0.5) is 5.69 Å². The van der Waals surface area contributed by atoms with E-state index >= 15 is 0 Å². The number of carbonyl (C=O) groups is 2. The zero-order valence-corrected chi connectivity index (χ0v) is 20.7. The molecule has 6 nitrogen and oxygen atoms in total. The SMILES string of the molecule is O=C1CC(c2ccsc2)(c2ccc(N3CCOCC3)cc2O)N(S)C(=O)C1c1ccccc1Cl. The van der Waals surface area contributed by atoms with Crippen LogP contribution in [0.3, 0.4) is 0 Å². The maximum atomic E-state index is 13.7. The van der Waals surface area contributed by atoms with Gasteiger partial charge in [-0.25, -0.2) is 0 Å². The van der Waals surface area contributed by atoms with Gasteiger partial charge in [0, 0.05) is 41.9 Å². The molecule has 3 heterocycles. The molecule has 5 rings (SSSR count). The number of thiol groups is 1. The molecule has 2 unspecified atom stereocenters. The van der Waals surface area contributed by atoms with E-state index < -0.39 is 17.4 Å². The summed E-state index contributed by atoms with van der Waals surface area (Å²) in [5, 5.41) is 15.3. The number of carbonyl (C=O) groups excluding carboxylic acids is 2. The van der Waals surface area contributed by atoms with Gasteiger partial charge in [0.15, 0.2) is 5.78 Å². The topological polar surface area (TPSA) is 70.1 Å². The van der Waals surface area contributed by atoms with Crippen molar-refractivity contribution in [2.75, 3.05) is 31.2 Å². The van der Waals surface area contributed by atoms with Crippen LogP contribution in [0.2, 0.25) is 5.02 Å². The van der Waals surface area contributed by atoms with E-state index in [4.69, 9.17) is 16.3 Å². The molecule has 0 bridgehead atoms. The van der Waals surface area contributed by atoms with E-state index in [0.717, 1.165) is 24.3 Å². The number of ether oxygens (including phenoxy) is 1. The van der Waals surface area contributed by atoms with Crippen molar-refractivity contribution in [1.82, 2.24) is 4.31 Å². The smallest absolute Gasteiger partial charge is 0.248 e. The Hall–Kier alpha value is -2.52. The van der Waals surface area contributed by atoms with Gasteiger partial charge in [0.2, 0.25) is 5.91 Å². The molecule has 0 radical (unpaired) electrons. The second kappa shape index (κ2) is 9.26. The number of aromatic hydroxyl groups is 1. The predicted molar refractivity (Wildman–Crippen MR) is 136 cm³/mol. The predicted octanol–water partition coefficient (Wildman–Crippen LogP) is 4.62. The summed E-state index contributed by atoms with van der Waals surface area (Å²) < 4.78 is 6.72. The highest BCUT2D eigenvalue weighted by Gasteiger charge is 2.53. The molecule has 0 aliphatic carbocycles. The molecular formula is C25H23ClN2O4S2. The summed E-state index contributed by atoms with van der Waals surface area (Å²) in [5.74, 6) is -1.79. The number of phenolic OH excluding ortho intramolecular Hbond substituents is 1. The number of piperidine rings is 1. The lowest BCUT2D eigenvalue weighted by molar-refractivity contribution is -0.142. The molecule has 176 valence electrons. The number of hydrogen-bond acceptors (Lipinski definition) is 7.